The Bertz CT molecular complexity index is 599. The minimum Gasteiger partial charge on any atom is -0.467 e. The van der Waals surface area contributed by atoms with Gasteiger partial charge >= 0.3 is 0 Å². The Labute approximate surface area is 142 Å². The third-order valence-corrected chi connectivity index (χ3v) is 3.64. The van der Waals surface area contributed by atoms with Gasteiger partial charge in [0.1, 0.15) is 11.9 Å². The number of hydrogen-bond donors (Lipinski definition) is 4. The second-order valence-corrected chi connectivity index (χ2v) is 5.42. The lowest BCUT2D eigenvalue weighted by Gasteiger charge is -2.16. The summed E-state index contributed by atoms with van der Waals surface area (Å²) in [6.45, 7) is 3.45. The van der Waals surface area contributed by atoms with Crippen molar-refractivity contribution in [1.82, 2.24) is 10.6 Å². The molecule has 2 aromatic rings. The largest absolute Gasteiger partial charge is 0.467 e. The van der Waals surface area contributed by atoms with Crippen molar-refractivity contribution in [2.45, 2.75) is 18.9 Å². The summed E-state index contributed by atoms with van der Waals surface area (Å²) >= 11 is 0. The molecule has 2 atom stereocenters. The molecule has 0 aliphatic carbocycles. The molecule has 0 radical (unpaired) electrons. The number of nitrogens with zero attached hydrogens (tertiary/aromatic N) is 1. The van der Waals surface area contributed by atoms with Gasteiger partial charge in [-0.1, -0.05) is 30.3 Å². The first-order valence-electron chi connectivity index (χ1n) is 8.14. The molecule has 0 amide bonds. The van der Waals surface area contributed by atoms with Crippen LogP contribution in [0.15, 0.2) is 58.1 Å². The Morgan fingerprint density at radius 3 is 2.58 bits per heavy atom. The zero-order valence-corrected chi connectivity index (χ0v) is 13.9. The molecule has 0 bridgehead atoms. The van der Waals surface area contributed by atoms with Gasteiger partial charge in [-0.15, -0.1) is 0 Å². The fraction of sp³-hybridized carbons (Fsp3) is 0.389. The van der Waals surface area contributed by atoms with E-state index in [-0.39, 0.29) is 19.1 Å². The minimum absolute atomic E-state index is 0.0297. The van der Waals surface area contributed by atoms with E-state index < -0.39 is 6.10 Å². The highest BCUT2D eigenvalue weighted by Crippen LogP contribution is 2.15. The van der Waals surface area contributed by atoms with E-state index in [0.717, 1.165) is 5.56 Å². The standard InChI is InChI=1S/C18H25N3O3/c1-2-19-18(21-12-16(23)17-9-6-10-24-17)20-11-15(13-22)14-7-4-3-5-8-14/h3-10,15-16,22-23H,2,11-13H2,1H3,(H2,19,20,21). The Morgan fingerprint density at radius 2 is 1.96 bits per heavy atom. The molecule has 0 saturated carbocycles. The van der Waals surface area contributed by atoms with E-state index in [2.05, 4.69) is 15.6 Å². The molecule has 1 heterocycles. The summed E-state index contributed by atoms with van der Waals surface area (Å²) in [6.07, 6.45) is 0.787. The number of nitrogens with one attached hydrogen (secondary N) is 2. The molecule has 1 aromatic carbocycles. The molecule has 6 nitrogen and oxygen atoms in total. The molecule has 0 saturated heterocycles. The van der Waals surface area contributed by atoms with Crippen LogP contribution in [0, 0.1) is 0 Å². The lowest BCUT2D eigenvalue weighted by atomic mass is 10.0. The van der Waals surface area contributed by atoms with E-state index in [4.69, 9.17) is 4.42 Å². The monoisotopic (exact) mass is 331 g/mol. The summed E-state index contributed by atoms with van der Waals surface area (Å²) in [6, 6.07) is 13.3. The van der Waals surface area contributed by atoms with E-state index in [1.807, 2.05) is 37.3 Å². The quantitative estimate of drug-likeness (QED) is 0.436. The highest BCUT2D eigenvalue weighted by atomic mass is 16.4. The summed E-state index contributed by atoms with van der Waals surface area (Å²) in [5.74, 6) is 1.05. The number of benzene rings is 1. The zero-order chi connectivity index (χ0) is 17.2. The lowest BCUT2D eigenvalue weighted by Crippen LogP contribution is -2.39. The second kappa shape index (κ2) is 9.75. The smallest absolute Gasteiger partial charge is 0.191 e. The van der Waals surface area contributed by atoms with E-state index in [9.17, 15) is 10.2 Å². The van der Waals surface area contributed by atoms with Crippen molar-refractivity contribution in [3.63, 3.8) is 0 Å². The molecule has 1 aromatic heterocycles. The van der Waals surface area contributed by atoms with E-state index in [1.54, 1.807) is 12.1 Å². The van der Waals surface area contributed by atoms with Crippen LogP contribution < -0.4 is 10.6 Å². The van der Waals surface area contributed by atoms with Crippen LogP contribution in [-0.4, -0.2) is 42.4 Å². The van der Waals surface area contributed by atoms with E-state index >= 15 is 0 Å². The van der Waals surface area contributed by atoms with Gasteiger partial charge in [0.2, 0.25) is 0 Å². The van der Waals surface area contributed by atoms with Crippen LogP contribution in [0.1, 0.15) is 30.3 Å². The molecule has 2 rings (SSSR count). The van der Waals surface area contributed by atoms with Gasteiger partial charge in [0, 0.05) is 12.5 Å². The molecule has 24 heavy (non-hydrogen) atoms. The van der Waals surface area contributed by atoms with Crippen LogP contribution in [-0.2, 0) is 0 Å². The Kier molecular flexibility index (Phi) is 7.32. The number of rotatable bonds is 8. The van der Waals surface area contributed by atoms with E-state index in [0.29, 0.717) is 24.8 Å². The maximum Gasteiger partial charge on any atom is 0.191 e. The Morgan fingerprint density at radius 1 is 1.17 bits per heavy atom. The molecule has 4 N–H and O–H groups in total. The van der Waals surface area contributed by atoms with Gasteiger partial charge in [-0.2, -0.15) is 0 Å². The van der Waals surface area contributed by atoms with Crippen molar-refractivity contribution in [1.29, 1.82) is 0 Å². The van der Waals surface area contributed by atoms with Crippen molar-refractivity contribution in [3.8, 4) is 0 Å². The first kappa shape index (κ1) is 18.0. The number of guanidine groups is 1. The lowest BCUT2D eigenvalue weighted by molar-refractivity contribution is 0.153. The topological polar surface area (TPSA) is 90.0 Å². The maximum atomic E-state index is 10.0. The molecule has 6 heteroatoms. The van der Waals surface area contributed by atoms with E-state index in [1.165, 1.54) is 6.26 Å². The second-order valence-electron chi connectivity index (χ2n) is 5.42. The van der Waals surface area contributed by atoms with Crippen molar-refractivity contribution in [3.05, 3.63) is 60.1 Å². The van der Waals surface area contributed by atoms with Gasteiger partial charge < -0.3 is 25.3 Å². The van der Waals surface area contributed by atoms with Crippen LogP contribution >= 0.6 is 0 Å². The molecule has 0 aliphatic heterocycles. The number of hydrogen-bond acceptors (Lipinski definition) is 4. The van der Waals surface area contributed by atoms with Crippen LogP contribution in [0.4, 0.5) is 0 Å². The minimum atomic E-state index is -0.744. The van der Waals surface area contributed by atoms with Crippen molar-refractivity contribution in [2.24, 2.45) is 4.99 Å². The van der Waals surface area contributed by atoms with Crippen LogP contribution in [0.3, 0.4) is 0 Å². The highest BCUT2D eigenvalue weighted by molar-refractivity contribution is 5.79. The average molecular weight is 331 g/mol. The fourth-order valence-corrected chi connectivity index (χ4v) is 2.31. The SMILES string of the molecule is CCNC(=NCC(CO)c1ccccc1)NCC(O)c1ccco1. The molecule has 2 unspecified atom stereocenters. The first-order chi connectivity index (χ1) is 11.7. The fourth-order valence-electron chi connectivity index (χ4n) is 2.31. The van der Waals surface area contributed by atoms with Crippen molar-refractivity contribution < 1.29 is 14.6 Å². The van der Waals surface area contributed by atoms with Gasteiger partial charge in [0.05, 0.1) is 26.0 Å². The summed E-state index contributed by atoms with van der Waals surface area (Å²) < 4.78 is 5.18. The van der Waals surface area contributed by atoms with Crippen LogP contribution in [0.25, 0.3) is 0 Å². The van der Waals surface area contributed by atoms with Gasteiger partial charge in [0.15, 0.2) is 5.96 Å². The third-order valence-electron chi connectivity index (χ3n) is 3.64. The zero-order valence-electron chi connectivity index (χ0n) is 13.9. The predicted molar refractivity (Wildman–Crippen MR) is 93.9 cm³/mol. The summed E-state index contributed by atoms with van der Waals surface area (Å²) in [5.41, 5.74) is 1.05. The number of aliphatic imine (C=N–C) groups is 1. The number of furan rings is 1. The third kappa shape index (κ3) is 5.40. The Balaban J connectivity index is 1.94. The average Bonchev–Trinajstić information content (AvgIpc) is 3.15. The van der Waals surface area contributed by atoms with Gasteiger partial charge in [-0.25, -0.2) is 0 Å². The van der Waals surface area contributed by atoms with Crippen molar-refractivity contribution >= 4 is 5.96 Å². The van der Waals surface area contributed by atoms with Gasteiger partial charge in [-0.3, -0.25) is 4.99 Å². The molecule has 130 valence electrons. The number of aliphatic hydroxyl groups is 2. The molecule has 0 fully saturated rings. The van der Waals surface area contributed by atoms with Gasteiger partial charge in [0.25, 0.3) is 0 Å². The molecular formula is C18H25N3O3. The highest BCUT2D eigenvalue weighted by Gasteiger charge is 2.12. The number of aliphatic hydroxyl groups excluding tert-OH is 2. The molecular weight excluding hydrogens is 306 g/mol. The molecule has 0 spiro atoms. The summed E-state index contributed by atoms with van der Waals surface area (Å²) in [4.78, 5) is 4.51. The van der Waals surface area contributed by atoms with Crippen LogP contribution in [0.5, 0.6) is 0 Å². The predicted octanol–water partition coefficient (Wildman–Crippen LogP) is 1.64. The maximum absolute atomic E-state index is 10.0. The van der Waals surface area contributed by atoms with Crippen molar-refractivity contribution in [2.75, 3.05) is 26.2 Å². The summed E-state index contributed by atoms with van der Waals surface area (Å²) in [5, 5.41) is 25.9. The van der Waals surface area contributed by atoms with Gasteiger partial charge in [-0.05, 0) is 24.6 Å². The normalized spacial score (nSPS) is 14.2. The molecule has 0 aliphatic rings. The van der Waals surface area contributed by atoms with Crippen LogP contribution in [0.2, 0.25) is 0 Å². The summed E-state index contributed by atoms with van der Waals surface area (Å²) in [7, 11) is 0. The Hall–Kier alpha value is -2.31. The first-order valence-corrected chi connectivity index (χ1v) is 8.14.